The van der Waals surface area contributed by atoms with Gasteiger partial charge in [-0.3, -0.25) is 14.4 Å². The smallest absolute Gasteiger partial charge is 0.338 e. The quantitative estimate of drug-likeness (QED) is 0.373. The summed E-state index contributed by atoms with van der Waals surface area (Å²) in [6.07, 6.45) is 0.683. The summed E-state index contributed by atoms with van der Waals surface area (Å²) in [4.78, 5) is 49.5. The zero-order chi connectivity index (χ0) is 22.4. The summed E-state index contributed by atoms with van der Waals surface area (Å²) in [6, 6.07) is 14.9. The van der Waals surface area contributed by atoms with Crippen molar-refractivity contribution in [1.82, 2.24) is 0 Å². The number of ketones is 1. The van der Waals surface area contributed by atoms with E-state index in [2.05, 4.69) is 21.2 Å². The molecule has 1 saturated heterocycles. The Bertz CT molecular complexity index is 1090. The minimum Gasteiger partial charge on any atom is -0.461 e. The van der Waals surface area contributed by atoms with Crippen molar-refractivity contribution in [3.63, 3.8) is 0 Å². The molecule has 2 aliphatic carbocycles. The lowest BCUT2D eigenvalue weighted by molar-refractivity contribution is -0.145. The van der Waals surface area contributed by atoms with Gasteiger partial charge in [0, 0.05) is 17.2 Å². The number of carbonyl (C=O) groups is 4. The predicted molar refractivity (Wildman–Crippen MR) is 117 cm³/mol. The fourth-order valence-corrected chi connectivity index (χ4v) is 6.21. The Morgan fingerprint density at radius 3 is 2.44 bits per heavy atom. The summed E-state index contributed by atoms with van der Waals surface area (Å²) >= 11 is 3.60. The summed E-state index contributed by atoms with van der Waals surface area (Å²) in [5.74, 6) is -2.05. The van der Waals surface area contributed by atoms with Gasteiger partial charge in [0.15, 0.2) is 12.4 Å². The number of alkyl halides is 1. The largest absolute Gasteiger partial charge is 0.461 e. The Balaban J connectivity index is 1.19. The molecule has 7 nitrogen and oxygen atoms in total. The first kappa shape index (κ1) is 20.9. The zero-order valence-corrected chi connectivity index (χ0v) is 18.5. The van der Waals surface area contributed by atoms with Crippen molar-refractivity contribution in [2.24, 2.45) is 23.7 Å². The second-order valence-electron chi connectivity index (χ2n) is 8.39. The maximum Gasteiger partial charge on any atom is 0.338 e. The molecule has 1 aliphatic heterocycles. The third-order valence-corrected chi connectivity index (χ3v) is 7.84. The van der Waals surface area contributed by atoms with E-state index in [-0.39, 0.29) is 58.5 Å². The molecule has 1 N–H and O–H groups in total. The highest BCUT2D eigenvalue weighted by Crippen LogP contribution is 2.60. The molecule has 164 valence electrons. The topological polar surface area (TPSA) is 98.8 Å². The maximum atomic E-state index is 12.9. The minimum atomic E-state index is -0.623. The number of hydrogen-bond acceptors (Lipinski definition) is 6. The number of anilines is 1. The first-order valence-corrected chi connectivity index (χ1v) is 11.4. The van der Waals surface area contributed by atoms with Gasteiger partial charge in [0.2, 0.25) is 5.91 Å². The van der Waals surface area contributed by atoms with E-state index in [1.807, 2.05) is 0 Å². The first-order valence-electron chi connectivity index (χ1n) is 10.4. The Morgan fingerprint density at radius 2 is 1.72 bits per heavy atom. The van der Waals surface area contributed by atoms with E-state index in [4.69, 9.17) is 9.47 Å². The van der Waals surface area contributed by atoms with Crippen LogP contribution in [0.4, 0.5) is 5.69 Å². The van der Waals surface area contributed by atoms with Crippen LogP contribution in [0.5, 0.6) is 0 Å². The Kier molecular flexibility index (Phi) is 5.33. The van der Waals surface area contributed by atoms with Crippen LogP contribution in [0.25, 0.3) is 0 Å². The van der Waals surface area contributed by atoms with E-state index in [9.17, 15) is 19.2 Å². The standard InChI is InChI=1S/C24H20BrNO6/c25-20-15-10-16-19(24(30)32-21(16)20)18(15)22(28)26-14-8-6-13(7-9-14)23(29)31-11-17(27)12-4-2-1-3-5-12/h1-9,15-16,18-21H,10-11H2,(H,26,28)/t15-,16-,18-,19+,20+,21+/m1/s1. The highest BCUT2D eigenvalue weighted by Gasteiger charge is 2.67. The van der Waals surface area contributed by atoms with Crippen LogP contribution in [-0.4, -0.2) is 41.2 Å². The molecule has 32 heavy (non-hydrogen) atoms. The normalized spacial score (nSPS) is 29.5. The summed E-state index contributed by atoms with van der Waals surface area (Å²) in [6.45, 7) is -0.349. The molecule has 8 heteroatoms. The molecule has 2 aromatic carbocycles. The number of Topliss-reactive ketones (excluding diaryl/α,β-unsaturated/α-hetero) is 1. The second-order valence-corrected chi connectivity index (χ2v) is 9.45. The minimum absolute atomic E-state index is 0.00157. The van der Waals surface area contributed by atoms with E-state index in [1.165, 1.54) is 12.1 Å². The first-order chi connectivity index (χ1) is 15.4. The van der Waals surface area contributed by atoms with Crippen LogP contribution in [0.1, 0.15) is 27.1 Å². The lowest BCUT2D eigenvalue weighted by Crippen LogP contribution is -2.40. The number of rotatable bonds is 6. The number of carbonyl (C=O) groups excluding carboxylic acids is 4. The number of nitrogens with one attached hydrogen (secondary N) is 1. The molecule has 0 spiro atoms. The molecule has 3 aliphatic rings. The van der Waals surface area contributed by atoms with Crippen molar-refractivity contribution in [3.05, 3.63) is 65.7 Å². The summed E-state index contributed by atoms with van der Waals surface area (Å²) in [5, 5.41) is 2.86. The van der Waals surface area contributed by atoms with Crippen molar-refractivity contribution in [2.75, 3.05) is 11.9 Å². The number of hydrogen-bond donors (Lipinski definition) is 1. The molecule has 2 bridgehead atoms. The van der Waals surface area contributed by atoms with Crippen LogP contribution in [0.2, 0.25) is 0 Å². The number of ether oxygens (including phenoxy) is 2. The van der Waals surface area contributed by atoms with E-state index < -0.39 is 11.9 Å². The zero-order valence-electron chi connectivity index (χ0n) is 16.9. The molecule has 0 radical (unpaired) electrons. The van der Waals surface area contributed by atoms with E-state index in [0.29, 0.717) is 11.3 Å². The summed E-state index contributed by atoms with van der Waals surface area (Å²) < 4.78 is 10.6. The highest BCUT2D eigenvalue weighted by molar-refractivity contribution is 9.09. The molecule has 1 heterocycles. The molecule has 0 aromatic heterocycles. The lowest BCUT2D eigenvalue weighted by Gasteiger charge is -2.27. The van der Waals surface area contributed by atoms with E-state index in [1.54, 1.807) is 42.5 Å². The van der Waals surface area contributed by atoms with Crippen LogP contribution in [0, 0.1) is 23.7 Å². The van der Waals surface area contributed by atoms with Crippen molar-refractivity contribution in [3.8, 4) is 0 Å². The summed E-state index contributed by atoms with van der Waals surface area (Å²) in [5.41, 5.74) is 1.26. The number of fused-ring (bicyclic) bond motifs is 1. The predicted octanol–water partition coefficient (Wildman–Crippen LogP) is 3.24. The van der Waals surface area contributed by atoms with Crippen LogP contribution in [0.15, 0.2) is 54.6 Å². The molecule has 2 aromatic rings. The Labute approximate surface area is 192 Å². The van der Waals surface area contributed by atoms with Crippen molar-refractivity contribution < 1.29 is 28.7 Å². The molecular formula is C24H20BrNO6. The maximum absolute atomic E-state index is 12.9. The number of esters is 2. The van der Waals surface area contributed by atoms with E-state index >= 15 is 0 Å². The van der Waals surface area contributed by atoms with Crippen LogP contribution in [0.3, 0.4) is 0 Å². The molecule has 5 rings (SSSR count). The van der Waals surface area contributed by atoms with Gasteiger partial charge in [-0.25, -0.2) is 4.79 Å². The van der Waals surface area contributed by atoms with Crippen LogP contribution >= 0.6 is 15.9 Å². The van der Waals surface area contributed by atoms with Gasteiger partial charge >= 0.3 is 11.9 Å². The van der Waals surface area contributed by atoms with Gasteiger partial charge in [0.1, 0.15) is 6.10 Å². The lowest BCUT2D eigenvalue weighted by atomic mass is 9.79. The van der Waals surface area contributed by atoms with Gasteiger partial charge in [0.25, 0.3) is 0 Å². The third-order valence-electron chi connectivity index (χ3n) is 6.64. The van der Waals surface area contributed by atoms with Crippen LogP contribution in [-0.2, 0) is 19.1 Å². The third kappa shape index (κ3) is 3.52. The molecule has 3 fully saturated rings. The highest BCUT2D eigenvalue weighted by atomic mass is 79.9. The number of halogens is 1. The Morgan fingerprint density at radius 1 is 1.00 bits per heavy atom. The average molecular weight is 498 g/mol. The van der Waals surface area contributed by atoms with Gasteiger partial charge in [-0.15, -0.1) is 0 Å². The van der Waals surface area contributed by atoms with Gasteiger partial charge in [0.05, 0.1) is 22.2 Å². The SMILES string of the molecule is O=C(COC(=O)c1ccc(NC(=O)[C@@H]2[C@H]3C[C@H]4[C@H](OC(=O)[C@@H]42)[C@H]3Br)cc1)c1ccccc1. The fraction of sp³-hybridized carbons (Fsp3) is 0.333. The van der Waals surface area contributed by atoms with Gasteiger partial charge in [-0.2, -0.15) is 0 Å². The van der Waals surface area contributed by atoms with Crippen molar-refractivity contribution in [1.29, 1.82) is 0 Å². The van der Waals surface area contributed by atoms with Crippen LogP contribution < -0.4 is 5.32 Å². The van der Waals surface area contributed by atoms with Gasteiger partial charge < -0.3 is 14.8 Å². The fourth-order valence-electron chi connectivity index (χ4n) is 5.17. The Hall–Kier alpha value is -3.00. The van der Waals surface area contributed by atoms with Gasteiger partial charge in [-0.1, -0.05) is 46.3 Å². The monoisotopic (exact) mass is 497 g/mol. The average Bonchev–Trinajstić information content (AvgIpc) is 3.42. The molecule has 2 saturated carbocycles. The van der Waals surface area contributed by atoms with Crippen molar-refractivity contribution >= 4 is 45.2 Å². The number of benzene rings is 2. The van der Waals surface area contributed by atoms with Crippen molar-refractivity contribution in [2.45, 2.75) is 17.4 Å². The summed E-state index contributed by atoms with van der Waals surface area (Å²) in [7, 11) is 0. The molecule has 1 amide bonds. The van der Waals surface area contributed by atoms with E-state index in [0.717, 1.165) is 6.42 Å². The second kappa shape index (κ2) is 8.16. The molecular weight excluding hydrogens is 478 g/mol. The van der Waals surface area contributed by atoms with Gasteiger partial charge in [-0.05, 0) is 36.6 Å². The number of amides is 1. The molecule has 6 atom stereocenters. The molecule has 0 unspecified atom stereocenters.